The first-order chi connectivity index (χ1) is 8.88. The van der Waals surface area contributed by atoms with E-state index in [9.17, 15) is 0 Å². The first-order valence-corrected chi connectivity index (χ1v) is 6.86. The van der Waals surface area contributed by atoms with Crippen LogP contribution in [0.1, 0.15) is 12.0 Å². The Balaban J connectivity index is 1.78. The lowest BCUT2D eigenvalue weighted by molar-refractivity contribution is 0.149. The van der Waals surface area contributed by atoms with Crippen molar-refractivity contribution in [3.05, 3.63) is 35.9 Å². The maximum Gasteiger partial charge on any atom is 0.0589 e. The average molecular weight is 248 g/mol. The van der Waals surface area contributed by atoms with Crippen LogP contribution in [0.5, 0.6) is 0 Å². The van der Waals surface area contributed by atoms with Crippen molar-refractivity contribution in [3.63, 3.8) is 0 Å². The van der Waals surface area contributed by atoms with Gasteiger partial charge in [-0.3, -0.25) is 9.80 Å². The summed E-state index contributed by atoms with van der Waals surface area (Å²) < 4.78 is 5.15. The second-order valence-corrected chi connectivity index (χ2v) is 4.95. The number of methoxy groups -OCH3 is 1. The lowest BCUT2D eigenvalue weighted by Gasteiger charge is -2.21. The molecule has 0 saturated carbocycles. The molecule has 0 N–H and O–H groups in total. The van der Waals surface area contributed by atoms with Crippen LogP contribution in [0.4, 0.5) is 0 Å². The van der Waals surface area contributed by atoms with Crippen molar-refractivity contribution in [2.45, 2.75) is 13.0 Å². The summed E-state index contributed by atoms with van der Waals surface area (Å²) in [5.74, 6) is 0. The highest BCUT2D eigenvalue weighted by atomic mass is 16.5. The number of ether oxygens (including phenoxy) is 1. The van der Waals surface area contributed by atoms with E-state index in [1.807, 2.05) is 0 Å². The summed E-state index contributed by atoms with van der Waals surface area (Å²) in [6.07, 6.45) is 1.26. The maximum absolute atomic E-state index is 5.15. The SMILES string of the molecule is COCCN1CCCN(Cc2ccccc2)CC1. The molecule has 1 aliphatic rings. The van der Waals surface area contributed by atoms with Gasteiger partial charge in [0.1, 0.15) is 0 Å². The van der Waals surface area contributed by atoms with E-state index in [1.165, 1.54) is 31.6 Å². The van der Waals surface area contributed by atoms with Gasteiger partial charge in [0.2, 0.25) is 0 Å². The highest BCUT2D eigenvalue weighted by Gasteiger charge is 2.14. The summed E-state index contributed by atoms with van der Waals surface area (Å²) in [5.41, 5.74) is 1.42. The molecule has 2 rings (SSSR count). The number of rotatable bonds is 5. The molecule has 18 heavy (non-hydrogen) atoms. The van der Waals surface area contributed by atoms with Gasteiger partial charge in [-0.05, 0) is 25.1 Å². The van der Waals surface area contributed by atoms with Crippen LogP contribution in [0.25, 0.3) is 0 Å². The molecule has 0 spiro atoms. The highest BCUT2D eigenvalue weighted by Crippen LogP contribution is 2.08. The minimum absolute atomic E-state index is 0.846. The van der Waals surface area contributed by atoms with Crippen molar-refractivity contribution in [3.8, 4) is 0 Å². The van der Waals surface area contributed by atoms with E-state index < -0.39 is 0 Å². The molecule has 3 nitrogen and oxygen atoms in total. The lowest BCUT2D eigenvalue weighted by atomic mass is 10.2. The molecule has 1 aliphatic heterocycles. The lowest BCUT2D eigenvalue weighted by Crippen LogP contribution is -2.32. The van der Waals surface area contributed by atoms with Crippen molar-refractivity contribution in [1.29, 1.82) is 0 Å². The maximum atomic E-state index is 5.15. The van der Waals surface area contributed by atoms with Crippen molar-refractivity contribution in [1.82, 2.24) is 9.80 Å². The van der Waals surface area contributed by atoms with Gasteiger partial charge < -0.3 is 4.74 Å². The summed E-state index contributed by atoms with van der Waals surface area (Å²) >= 11 is 0. The Morgan fingerprint density at radius 1 is 1.00 bits per heavy atom. The van der Waals surface area contributed by atoms with Gasteiger partial charge >= 0.3 is 0 Å². The van der Waals surface area contributed by atoms with Crippen LogP contribution in [0.2, 0.25) is 0 Å². The normalized spacial score (nSPS) is 18.7. The average Bonchev–Trinajstić information content (AvgIpc) is 2.63. The summed E-state index contributed by atoms with van der Waals surface area (Å²) in [6.45, 7) is 7.73. The fourth-order valence-corrected chi connectivity index (χ4v) is 2.47. The van der Waals surface area contributed by atoms with Gasteiger partial charge in [0, 0.05) is 33.3 Å². The van der Waals surface area contributed by atoms with E-state index in [4.69, 9.17) is 4.74 Å². The summed E-state index contributed by atoms with van der Waals surface area (Å²) in [6, 6.07) is 10.8. The summed E-state index contributed by atoms with van der Waals surface area (Å²) in [5, 5.41) is 0. The first kappa shape index (κ1) is 13.5. The van der Waals surface area contributed by atoms with Gasteiger partial charge in [0.15, 0.2) is 0 Å². The highest BCUT2D eigenvalue weighted by molar-refractivity contribution is 5.14. The van der Waals surface area contributed by atoms with Crippen LogP contribution in [0, 0.1) is 0 Å². The number of hydrogen-bond acceptors (Lipinski definition) is 3. The molecule has 1 heterocycles. The van der Waals surface area contributed by atoms with Crippen LogP contribution < -0.4 is 0 Å². The Morgan fingerprint density at radius 3 is 2.50 bits per heavy atom. The third-order valence-electron chi connectivity index (χ3n) is 3.54. The Bertz CT molecular complexity index is 329. The number of benzene rings is 1. The van der Waals surface area contributed by atoms with Gasteiger partial charge in [-0.1, -0.05) is 30.3 Å². The van der Waals surface area contributed by atoms with Crippen molar-refractivity contribution < 1.29 is 4.74 Å². The molecule has 1 aromatic rings. The van der Waals surface area contributed by atoms with E-state index in [2.05, 4.69) is 40.1 Å². The molecule has 1 aromatic carbocycles. The van der Waals surface area contributed by atoms with E-state index in [-0.39, 0.29) is 0 Å². The fourth-order valence-electron chi connectivity index (χ4n) is 2.47. The third-order valence-corrected chi connectivity index (χ3v) is 3.54. The molecule has 0 amide bonds. The topological polar surface area (TPSA) is 15.7 Å². The van der Waals surface area contributed by atoms with Crippen molar-refractivity contribution in [2.24, 2.45) is 0 Å². The molecule has 0 aliphatic carbocycles. The molecule has 0 aromatic heterocycles. The molecule has 3 heteroatoms. The van der Waals surface area contributed by atoms with Crippen molar-refractivity contribution in [2.75, 3.05) is 46.4 Å². The molecule has 0 atom stereocenters. The molecule has 1 saturated heterocycles. The Hall–Kier alpha value is -0.900. The zero-order valence-electron chi connectivity index (χ0n) is 11.3. The van der Waals surface area contributed by atoms with Gasteiger partial charge in [0.25, 0.3) is 0 Å². The third kappa shape index (κ3) is 4.41. The fraction of sp³-hybridized carbons (Fsp3) is 0.600. The zero-order valence-corrected chi connectivity index (χ0v) is 11.3. The summed E-state index contributed by atoms with van der Waals surface area (Å²) in [4.78, 5) is 5.07. The second kappa shape index (κ2) is 7.52. The molecule has 1 fully saturated rings. The second-order valence-electron chi connectivity index (χ2n) is 4.95. The predicted octanol–water partition coefficient (Wildman–Crippen LogP) is 1.84. The minimum Gasteiger partial charge on any atom is -0.383 e. The van der Waals surface area contributed by atoms with Gasteiger partial charge in [-0.25, -0.2) is 0 Å². The molecule has 100 valence electrons. The van der Waals surface area contributed by atoms with Crippen LogP contribution >= 0.6 is 0 Å². The standard InChI is InChI=1S/C15H24N2O/c1-18-13-12-16-8-5-9-17(11-10-16)14-15-6-3-2-4-7-15/h2-4,6-7H,5,8-14H2,1H3. The minimum atomic E-state index is 0.846. The van der Waals surface area contributed by atoms with Gasteiger partial charge in [0.05, 0.1) is 6.61 Å². The van der Waals surface area contributed by atoms with Gasteiger partial charge in [-0.2, -0.15) is 0 Å². The van der Waals surface area contributed by atoms with E-state index in [1.54, 1.807) is 7.11 Å². The first-order valence-electron chi connectivity index (χ1n) is 6.86. The van der Waals surface area contributed by atoms with Crippen molar-refractivity contribution >= 4 is 0 Å². The van der Waals surface area contributed by atoms with Crippen LogP contribution in [0.15, 0.2) is 30.3 Å². The molecular weight excluding hydrogens is 224 g/mol. The molecular formula is C15H24N2O. The quantitative estimate of drug-likeness (QED) is 0.791. The monoisotopic (exact) mass is 248 g/mol. The van der Waals surface area contributed by atoms with Gasteiger partial charge in [-0.15, -0.1) is 0 Å². The number of nitrogens with zero attached hydrogens (tertiary/aromatic N) is 2. The Morgan fingerprint density at radius 2 is 1.72 bits per heavy atom. The van der Waals surface area contributed by atoms with E-state index in [0.717, 1.165) is 26.2 Å². The Labute approximate surface area is 110 Å². The molecule has 0 unspecified atom stereocenters. The van der Waals surface area contributed by atoms with Crippen LogP contribution in [-0.2, 0) is 11.3 Å². The largest absolute Gasteiger partial charge is 0.383 e. The van der Waals surface area contributed by atoms with Crippen LogP contribution in [0.3, 0.4) is 0 Å². The molecule has 0 bridgehead atoms. The van der Waals surface area contributed by atoms with E-state index in [0.29, 0.717) is 0 Å². The number of hydrogen-bond donors (Lipinski definition) is 0. The van der Waals surface area contributed by atoms with E-state index >= 15 is 0 Å². The summed E-state index contributed by atoms with van der Waals surface area (Å²) in [7, 11) is 1.78. The Kier molecular flexibility index (Phi) is 5.65. The van der Waals surface area contributed by atoms with Crippen LogP contribution in [-0.4, -0.2) is 56.2 Å². The molecule has 0 radical (unpaired) electrons. The smallest absolute Gasteiger partial charge is 0.0589 e. The predicted molar refractivity (Wildman–Crippen MR) is 74.7 cm³/mol. The zero-order chi connectivity index (χ0) is 12.6.